The maximum absolute atomic E-state index is 12.7. The molecule has 2 fully saturated rings. The van der Waals surface area contributed by atoms with E-state index in [0.717, 1.165) is 37.7 Å². The van der Waals surface area contributed by atoms with Crippen LogP contribution in [-0.2, 0) is 4.79 Å². The first-order chi connectivity index (χ1) is 10.3. The van der Waals surface area contributed by atoms with Crippen molar-refractivity contribution in [3.8, 4) is 0 Å². The van der Waals surface area contributed by atoms with Crippen LogP contribution in [0.2, 0.25) is 0 Å². The number of halogens is 3. The van der Waals surface area contributed by atoms with E-state index < -0.39 is 11.4 Å². The molecule has 0 radical (unpaired) electrons. The van der Waals surface area contributed by atoms with Crippen LogP contribution in [0.25, 0.3) is 0 Å². The lowest BCUT2D eigenvalue weighted by molar-refractivity contribution is -0.129. The van der Waals surface area contributed by atoms with Gasteiger partial charge in [0.2, 0.25) is 5.91 Å². The summed E-state index contributed by atoms with van der Waals surface area (Å²) in [6, 6.07) is 0. The van der Waals surface area contributed by atoms with Gasteiger partial charge in [-0.15, -0.1) is 11.8 Å². The molecule has 3 unspecified atom stereocenters. The predicted molar refractivity (Wildman–Crippen MR) is 87.3 cm³/mol. The summed E-state index contributed by atoms with van der Waals surface area (Å²) in [5.74, 6) is -0.0187. The summed E-state index contributed by atoms with van der Waals surface area (Å²) in [4.78, 5) is 14.3. The van der Waals surface area contributed by atoms with Crippen LogP contribution < -0.4 is 0 Å². The number of alkyl halides is 3. The average molecular weight is 353 g/mol. The Morgan fingerprint density at radius 1 is 1.32 bits per heavy atom. The van der Waals surface area contributed by atoms with Crippen LogP contribution >= 0.6 is 23.5 Å². The number of likely N-dealkylation sites (tertiary alicyclic amines) is 1. The van der Waals surface area contributed by atoms with Gasteiger partial charge < -0.3 is 4.90 Å². The second kappa shape index (κ2) is 7.51. The highest BCUT2D eigenvalue weighted by atomic mass is 32.2. The number of thioether (sulfide) groups is 2. The van der Waals surface area contributed by atoms with E-state index in [-0.39, 0.29) is 17.6 Å². The van der Waals surface area contributed by atoms with Gasteiger partial charge in [0, 0.05) is 29.2 Å². The molecule has 0 N–H and O–H groups in total. The van der Waals surface area contributed by atoms with Crippen molar-refractivity contribution in [2.45, 2.75) is 54.5 Å². The Morgan fingerprint density at radius 2 is 2.05 bits per heavy atom. The molecule has 7 heteroatoms. The van der Waals surface area contributed by atoms with Crippen LogP contribution in [0.15, 0.2) is 11.6 Å². The highest BCUT2D eigenvalue weighted by Gasteiger charge is 2.44. The SMILES string of the molecule is CSC1CCCN(C(=O)C(C)=CC2CCC(C(F)(F)F)S2)C1. The van der Waals surface area contributed by atoms with E-state index in [9.17, 15) is 18.0 Å². The van der Waals surface area contributed by atoms with Gasteiger partial charge in [-0.25, -0.2) is 0 Å². The molecule has 0 aromatic carbocycles. The summed E-state index contributed by atoms with van der Waals surface area (Å²) in [7, 11) is 0. The number of hydrogen-bond donors (Lipinski definition) is 0. The van der Waals surface area contributed by atoms with E-state index in [4.69, 9.17) is 0 Å². The van der Waals surface area contributed by atoms with Crippen molar-refractivity contribution < 1.29 is 18.0 Å². The monoisotopic (exact) mass is 353 g/mol. The van der Waals surface area contributed by atoms with E-state index in [0.29, 0.717) is 17.2 Å². The van der Waals surface area contributed by atoms with E-state index in [1.807, 2.05) is 11.2 Å². The fraction of sp³-hybridized carbons (Fsp3) is 0.800. The molecule has 22 heavy (non-hydrogen) atoms. The molecule has 126 valence electrons. The third-order valence-corrected chi connectivity index (χ3v) is 6.79. The first-order valence-electron chi connectivity index (χ1n) is 7.54. The van der Waals surface area contributed by atoms with E-state index >= 15 is 0 Å². The molecule has 0 saturated carbocycles. The van der Waals surface area contributed by atoms with Crippen molar-refractivity contribution in [2.75, 3.05) is 19.3 Å². The Hall–Kier alpha value is -0.300. The van der Waals surface area contributed by atoms with Crippen LogP contribution in [0.5, 0.6) is 0 Å². The van der Waals surface area contributed by atoms with Gasteiger partial charge >= 0.3 is 6.18 Å². The number of amides is 1. The highest BCUT2D eigenvalue weighted by Crippen LogP contribution is 2.43. The molecule has 0 bridgehead atoms. The molecule has 0 aromatic heterocycles. The van der Waals surface area contributed by atoms with Crippen LogP contribution in [-0.4, -0.2) is 52.1 Å². The summed E-state index contributed by atoms with van der Waals surface area (Å²) in [5.41, 5.74) is 0.585. The first kappa shape index (κ1) is 18.0. The fourth-order valence-corrected chi connectivity index (χ4v) is 5.08. The molecule has 2 saturated heterocycles. The maximum atomic E-state index is 12.7. The summed E-state index contributed by atoms with van der Waals surface area (Å²) >= 11 is 2.71. The zero-order valence-corrected chi connectivity index (χ0v) is 14.5. The summed E-state index contributed by atoms with van der Waals surface area (Å²) in [6.07, 6.45) is 2.42. The minimum atomic E-state index is -4.14. The van der Waals surface area contributed by atoms with Crippen molar-refractivity contribution in [3.63, 3.8) is 0 Å². The van der Waals surface area contributed by atoms with Crippen molar-refractivity contribution in [2.24, 2.45) is 0 Å². The Morgan fingerprint density at radius 3 is 2.64 bits per heavy atom. The lowest BCUT2D eigenvalue weighted by atomic mass is 10.1. The topological polar surface area (TPSA) is 20.3 Å². The quantitative estimate of drug-likeness (QED) is 0.712. The Kier molecular flexibility index (Phi) is 6.16. The number of rotatable bonds is 3. The molecule has 2 rings (SSSR count). The Labute approximate surface area is 138 Å². The standard InChI is InChI=1S/C15H22F3NOS2/c1-10(8-11-5-6-13(22-11)15(16,17)18)14(20)19-7-3-4-12(9-19)21-2/h8,11-13H,3-7,9H2,1-2H3. The molecular weight excluding hydrogens is 331 g/mol. The minimum absolute atomic E-state index is 0.0187. The molecule has 0 aromatic rings. The van der Waals surface area contributed by atoms with Crippen LogP contribution in [0.3, 0.4) is 0 Å². The van der Waals surface area contributed by atoms with Crippen molar-refractivity contribution in [3.05, 3.63) is 11.6 Å². The van der Waals surface area contributed by atoms with Gasteiger partial charge in [-0.05, 0) is 38.9 Å². The molecule has 3 atom stereocenters. The van der Waals surface area contributed by atoms with Gasteiger partial charge in [-0.2, -0.15) is 24.9 Å². The van der Waals surface area contributed by atoms with Gasteiger partial charge in [0.15, 0.2) is 0 Å². The molecule has 1 amide bonds. The van der Waals surface area contributed by atoms with Gasteiger partial charge in [0.1, 0.15) is 5.25 Å². The number of hydrogen-bond acceptors (Lipinski definition) is 3. The zero-order chi connectivity index (χ0) is 16.3. The van der Waals surface area contributed by atoms with E-state index in [1.165, 1.54) is 0 Å². The number of piperidine rings is 1. The van der Waals surface area contributed by atoms with Gasteiger partial charge in [0.25, 0.3) is 0 Å². The normalized spacial score (nSPS) is 30.7. The van der Waals surface area contributed by atoms with Crippen molar-refractivity contribution in [1.82, 2.24) is 4.90 Å². The molecule has 2 aliphatic heterocycles. The summed E-state index contributed by atoms with van der Waals surface area (Å²) in [6.45, 7) is 3.23. The third kappa shape index (κ3) is 4.60. The molecule has 0 spiro atoms. The van der Waals surface area contributed by atoms with Crippen molar-refractivity contribution >= 4 is 29.4 Å². The lowest BCUT2D eigenvalue weighted by Crippen LogP contribution is -2.41. The summed E-state index contributed by atoms with van der Waals surface area (Å²) in [5, 5.41) is -1.01. The fourth-order valence-electron chi connectivity index (χ4n) is 2.94. The zero-order valence-electron chi connectivity index (χ0n) is 12.9. The minimum Gasteiger partial charge on any atom is -0.338 e. The van der Waals surface area contributed by atoms with Crippen molar-refractivity contribution in [1.29, 1.82) is 0 Å². The number of carbonyl (C=O) groups excluding carboxylic acids is 1. The van der Waals surface area contributed by atoms with E-state index in [2.05, 4.69) is 0 Å². The maximum Gasteiger partial charge on any atom is 0.400 e. The van der Waals surface area contributed by atoms with Gasteiger partial charge in [-0.1, -0.05) is 6.08 Å². The van der Waals surface area contributed by atoms with Gasteiger partial charge in [0.05, 0.1) is 0 Å². The Balaban J connectivity index is 1.93. The second-order valence-corrected chi connectivity index (χ2v) is 8.47. The first-order valence-corrected chi connectivity index (χ1v) is 9.77. The van der Waals surface area contributed by atoms with Crippen LogP contribution in [0.4, 0.5) is 13.2 Å². The van der Waals surface area contributed by atoms with Crippen LogP contribution in [0, 0.1) is 0 Å². The third-order valence-electron chi connectivity index (χ3n) is 4.19. The highest BCUT2D eigenvalue weighted by molar-refractivity contribution is 8.01. The molecule has 2 nitrogen and oxygen atoms in total. The lowest BCUT2D eigenvalue weighted by Gasteiger charge is -2.32. The molecular formula is C15H22F3NOS2. The summed E-state index contributed by atoms with van der Waals surface area (Å²) < 4.78 is 38.1. The molecule has 2 aliphatic rings. The molecule has 0 aliphatic carbocycles. The van der Waals surface area contributed by atoms with E-state index in [1.54, 1.807) is 24.8 Å². The average Bonchev–Trinajstić information content (AvgIpc) is 2.95. The number of carbonyl (C=O) groups is 1. The largest absolute Gasteiger partial charge is 0.400 e. The second-order valence-electron chi connectivity index (χ2n) is 5.88. The molecule has 2 heterocycles. The smallest absolute Gasteiger partial charge is 0.338 e. The predicted octanol–water partition coefficient (Wildman–Crippen LogP) is 4.11. The number of nitrogens with zero attached hydrogens (tertiary/aromatic N) is 1. The van der Waals surface area contributed by atoms with Gasteiger partial charge in [-0.3, -0.25) is 4.79 Å². The Bertz CT molecular complexity index is 439. The van der Waals surface area contributed by atoms with Crippen LogP contribution in [0.1, 0.15) is 32.6 Å².